The minimum Gasteiger partial charge on any atom is -0.411 e. The summed E-state index contributed by atoms with van der Waals surface area (Å²) in [5, 5.41) is 0. The number of rotatable bonds is 6. The average Bonchev–Trinajstić information content (AvgIpc) is 2.74. The number of aromatic nitrogens is 1. The monoisotopic (exact) mass is 211 g/mol. The molecular formula is C11H21NOSi. The topological polar surface area (TPSA) is 25.0 Å². The van der Waals surface area contributed by atoms with Crippen molar-refractivity contribution in [3.63, 3.8) is 0 Å². The highest BCUT2D eigenvalue weighted by Crippen LogP contribution is 2.22. The van der Waals surface area contributed by atoms with E-state index in [1.807, 2.05) is 12.3 Å². The minimum absolute atomic E-state index is 0.759. The molecule has 3 heteroatoms. The zero-order chi connectivity index (χ0) is 10.4. The van der Waals surface area contributed by atoms with E-state index in [1.165, 1.54) is 23.8 Å². The van der Waals surface area contributed by atoms with Gasteiger partial charge in [-0.2, -0.15) is 0 Å². The van der Waals surface area contributed by atoms with E-state index >= 15 is 0 Å². The zero-order valence-corrected chi connectivity index (χ0v) is 10.5. The van der Waals surface area contributed by atoms with Crippen molar-refractivity contribution in [2.45, 2.75) is 45.5 Å². The molecule has 0 fully saturated rings. The van der Waals surface area contributed by atoms with Crippen LogP contribution >= 0.6 is 0 Å². The van der Waals surface area contributed by atoms with Crippen molar-refractivity contribution in [1.82, 2.24) is 4.98 Å². The molecule has 2 nitrogen and oxygen atoms in total. The van der Waals surface area contributed by atoms with Gasteiger partial charge in [-0.1, -0.05) is 20.8 Å². The molecule has 0 atom stereocenters. The number of hydrogen-bond acceptors (Lipinski definition) is 1. The van der Waals surface area contributed by atoms with Crippen molar-refractivity contribution in [1.29, 1.82) is 0 Å². The first-order valence-electron chi connectivity index (χ1n) is 5.52. The summed E-state index contributed by atoms with van der Waals surface area (Å²) in [7, 11) is -1.39. The van der Waals surface area contributed by atoms with Gasteiger partial charge in [0.1, 0.15) is 0 Å². The maximum atomic E-state index is 6.13. The van der Waals surface area contributed by atoms with E-state index in [0.717, 1.165) is 6.61 Å². The van der Waals surface area contributed by atoms with Gasteiger partial charge in [0, 0.05) is 11.9 Å². The van der Waals surface area contributed by atoms with Gasteiger partial charge in [0.25, 0.3) is 0 Å². The number of hydrogen-bond donors (Lipinski definition) is 1. The highest BCUT2D eigenvalue weighted by molar-refractivity contribution is 6.73. The van der Waals surface area contributed by atoms with Crippen LogP contribution in [0.1, 0.15) is 26.5 Å². The van der Waals surface area contributed by atoms with Crippen LogP contribution in [0.15, 0.2) is 18.3 Å². The average molecular weight is 211 g/mol. The van der Waals surface area contributed by atoms with Crippen molar-refractivity contribution >= 4 is 8.32 Å². The van der Waals surface area contributed by atoms with Crippen LogP contribution in [-0.2, 0) is 11.0 Å². The summed E-state index contributed by atoms with van der Waals surface area (Å²) >= 11 is 0. The fraction of sp³-hybridized carbons (Fsp3) is 0.636. The summed E-state index contributed by atoms with van der Waals surface area (Å²) in [4.78, 5) is 3.18. The predicted octanol–water partition coefficient (Wildman–Crippen LogP) is 3.54. The summed E-state index contributed by atoms with van der Waals surface area (Å²) < 4.78 is 6.13. The Morgan fingerprint density at radius 3 is 2.29 bits per heavy atom. The first-order chi connectivity index (χ1) is 6.76. The molecule has 0 unspecified atom stereocenters. The van der Waals surface area contributed by atoms with Crippen LogP contribution in [0.3, 0.4) is 0 Å². The van der Waals surface area contributed by atoms with Gasteiger partial charge in [0.05, 0.1) is 6.61 Å². The Hall–Kier alpha value is -0.543. The molecule has 0 radical (unpaired) electrons. The summed E-state index contributed by atoms with van der Waals surface area (Å²) in [5.74, 6) is 0. The fourth-order valence-corrected chi connectivity index (χ4v) is 4.32. The largest absolute Gasteiger partial charge is 0.411 e. The lowest BCUT2D eigenvalue weighted by atomic mass is 10.5. The molecule has 0 aromatic carbocycles. The Balaban J connectivity index is 2.48. The van der Waals surface area contributed by atoms with Crippen LogP contribution in [0.2, 0.25) is 18.1 Å². The lowest BCUT2D eigenvalue weighted by Crippen LogP contribution is -2.35. The van der Waals surface area contributed by atoms with E-state index in [0.29, 0.717) is 0 Å². The Labute approximate surface area is 87.8 Å². The Bertz CT molecular complexity index is 234. The molecule has 0 saturated carbocycles. The van der Waals surface area contributed by atoms with Crippen molar-refractivity contribution in [2.75, 3.05) is 0 Å². The molecule has 0 bridgehead atoms. The standard InChI is InChI=1S/C11H21NOSi/c1-4-14(5-2,6-3)13-10-11-8-7-9-12-11/h7-9,12H,4-6,10H2,1-3H3. The number of nitrogens with one attached hydrogen (secondary N) is 1. The lowest BCUT2D eigenvalue weighted by Gasteiger charge is -2.27. The third-order valence-electron chi connectivity index (χ3n) is 3.13. The van der Waals surface area contributed by atoms with Crippen LogP contribution in [0, 0.1) is 0 Å². The van der Waals surface area contributed by atoms with Crippen LogP contribution in [0.5, 0.6) is 0 Å². The quantitative estimate of drug-likeness (QED) is 0.715. The molecular weight excluding hydrogens is 190 g/mol. The molecule has 0 aliphatic carbocycles. The molecule has 1 aromatic rings. The molecule has 1 heterocycles. The van der Waals surface area contributed by atoms with E-state index in [4.69, 9.17) is 4.43 Å². The second-order valence-corrected chi connectivity index (χ2v) is 8.50. The second-order valence-electron chi connectivity index (χ2n) is 3.73. The van der Waals surface area contributed by atoms with Gasteiger partial charge >= 0.3 is 0 Å². The molecule has 80 valence electrons. The molecule has 1 N–H and O–H groups in total. The Morgan fingerprint density at radius 1 is 1.21 bits per heavy atom. The first-order valence-corrected chi connectivity index (χ1v) is 8.05. The maximum absolute atomic E-state index is 6.13. The van der Waals surface area contributed by atoms with Gasteiger partial charge < -0.3 is 9.41 Å². The summed E-state index contributed by atoms with van der Waals surface area (Å²) in [5.41, 5.74) is 1.19. The molecule has 1 aromatic heterocycles. The van der Waals surface area contributed by atoms with Crippen LogP contribution in [0.25, 0.3) is 0 Å². The van der Waals surface area contributed by atoms with Crippen molar-refractivity contribution in [2.24, 2.45) is 0 Å². The molecule has 0 aliphatic rings. The lowest BCUT2D eigenvalue weighted by molar-refractivity contribution is 0.283. The second kappa shape index (κ2) is 5.37. The van der Waals surface area contributed by atoms with E-state index < -0.39 is 8.32 Å². The van der Waals surface area contributed by atoms with Gasteiger partial charge in [-0.25, -0.2) is 0 Å². The smallest absolute Gasteiger partial charge is 0.192 e. The van der Waals surface area contributed by atoms with Gasteiger partial charge in [-0.15, -0.1) is 0 Å². The van der Waals surface area contributed by atoms with Crippen molar-refractivity contribution < 1.29 is 4.43 Å². The highest BCUT2D eigenvalue weighted by atomic mass is 28.4. The molecule has 14 heavy (non-hydrogen) atoms. The van der Waals surface area contributed by atoms with Crippen LogP contribution < -0.4 is 0 Å². The van der Waals surface area contributed by atoms with Gasteiger partial charge in [-0.3, -0.25) is 0 Å². The maximum Gasteiger partial charge on any atom is 0.192 e. The van der Waals surface area contributed by atoms with E-state index in [-0.39, 0.29) is 0 Å². The van der Waals surface area contributed by atoms with E-state index in [9.17, 15) is 0 Å². The molecule has 1 rings (SSSR count). The molecule has 0 amide bonds. The van der Waals surface area contributed by atoms with Gasteiger partial charge in [0.15, 0.2) is 8.32 Å². The fourth-order valence-electron chi connectivity index (χ4n) is 1.74. The van der Waals surface area contributed by atoms with Crippen molar-refractivity contribution in [3.8, 4) is 0 Å². The normalized spacial score (nSPS) is 11.9. The summed E-state index contributed by atoms with van der Waals surface area (Å²) in [6.45, 7) is 7.53. The highest BCUT2D eigenvalue weighted by Gasteiger charge is 2.28. The third-order valence-corrected chi connectivity index (χ3v) is 7.75. The Kier molecular flexibility index (Phi) is 4.42. The Morgan fingerprint density at radius 2 is 1.86 bits per heavy atom. The van der Waals surface area contributed by atoms with Crippen LogP contribution in [0.4, 0.5) is 0 Å². The third kappa shape index (κ3) is 2.72. The first kappa shape index (κ1) is 11.5. The minimum atomic E-state index is -1.39. The zero-order valence-electron chi connectivity index (χ0n) is 9.47. The molecule has 0 aliphatic heterocycles. The summed E-state index contributed by atoms with van der Waals surface area (Å²) in [6, 6.07) is 7.77. The number of aromatic amines is 1. The van der Waals surface area contributed by atoms with E-state index in [1.54, 1.807) is 0 Å². The van der Waals surface area contributed by atoms with Crippen molar-refractivity contribution in [3.05, 3.63) is 24.0 Å². The predicted molar refractivity (Wildman–Crippen MR) is 62.8 cm³/mol. The summed E-state index contributed by atoms with van der Waals surface area (Å²) in [6.07, 6.45) is 1.95. The number of H-pyrrole nitrogens is 1. The van der Waals surface area contributed by atoms with Gasteiger partial charge in [-0.05, 0) is 30.3 Å². The van der Waals surface area contributed by atoms with Gasteiger partial charge in [0.2, 0.25) is 0 Å². The van der Waals surface area contributed by atoms with E-state index in [2.05, 4.69) is 31.8 Å². The SMILES string of the molecule is CC[Si](CC)(CC)OCc1ccc[nH]1. The molecule has 0 saturated heterocycles. The molecule has 0 spiro atoms. The van der Waals surface area contributed by atoms with Crippen LogP contribution in [-0.4, -0.2) is 13.3 Å².